The Balaban J connectivity index is 1.77. The van der Waals surface area contributed by atoms with Crippen LogP contribution < -0.4 is 4.80 Å². The Hall–Kier alpha value is -3.25. The Kier molecular flexibility index (Phi) is 6.00. The van der Waals surface area contributed by atoms with E-state index in [-0.39, 0.29) is 24.8 Å². The minimum absolute atomic E-state index is 0.0249. The number of esters is 1. The molecule has 0 saturated carbocycles. The Labute approximate surface area is 184 Å². The maximum Gasteiger partial charge on any atom is 0.326 e. The van der Waals surface area contributed by atoms with E-state index in [1.165, 1.54) is 11.3 Å². The van der Waals surface area contributed by atoms with Crippen LogP contribution in [0.5, 0.6) is 0 Å². The van der Waals surface area contributed by atoms with Crippen molar-refractivity contribution in [1.29, 1.82) is 0 Å². The molecular weight excluding hydrogens is 408 g/mol. The molecule has 5 nitrogen and oxygen atoms in total. The standard InChI is InChI=1S/C25H24N2O3S/c1-4-30-23(29)15-27-21-13-16(2)12-17(3)24(21)31-25(27)26-22(28)14-19-10-7-9-18-8-5-6-11-20(18)19/h5-13H,4,14-15H2,1-3H3. The van der Waals surface area contributed by atoms with E-state index in [1.807, 2.05) is 62.4 Å². The average Bonchev–Trinajstić information content (AvgIpc) is 3.06. The van der Waals surface area contributed by atoms with Gasteiger partial charge in [0.15, 0.2) is 4.80 Å². The van der Waals surface area contributed by atoms with Gasteiger partial charge in [-0.05, 0) is 54.3 Å². The molecule has 4 rings (SSSR count). The summed E-state index contributed by atoms with van der Waals surface area (Å²) >= 11 is 1.43. The predicted octanol–water partition coefficient (Wildman–Crippen LogP) is 4.71. The first-order valence-corrected chi connectivity index (χ1v) is 11.1. The summed E-state index contributed by atoms with van der Waals surface area (Å²) in [5.41, 5.74) is 4.03. The molecule has 1 amide bonds. The number of aromatic nitrogens is 1. The van der Waals surface area contributed by atoms with Crippen LogP contribution in [0.25, 0.3) is 21.0 Å². The molecule has 4 aromatic rings. The number of thiazole rings is 1. The van der Waals surface area contributed by atoms with Crippen molar-refractivity contribution < 1.29 is 14.3 Å². The molecule has 31 heavy (non-hydrogen) atoms. The molecule has 0 spiro atoms. The summed E-state index contributed by atoms with van der Waals surface area (Å²) in [6, 6.07) is 18.1. The number of nitrogens with zero attached hydrogens (tertiary/aromatic N) is 2. The normalized spacial score (nSPS) is 11.9. The van der Waals surface area contributed by atoms with Gasteiger partial charge in [0.2, 0.25) is 0 Å². The Morgan fingerprint density at radius 1 is 1.06 bits per heavy atom. The van der Waals surface area contributed by atoms with Crippen molar-refractivity contribution in [2.75, 3.05) is 6.61 Å². The highest BCUT2D eigenvalue weighted by Crippen LogP contribution is 2.24. The number of benzene rings is 3. The molecule has 0 aliphatic carbocycles. The molecule has 158 valence electrons. The van der Waals surface area contributed by atoms with E-state index in [4.69, 9.17) is 4.74 Å². The van der Waals surface area contributed by atoms with Crippen LogP contribution in [0.4, 0.5) is 0 Å². The lowest BCUT2D eigenvalue weighted by Gasteiger charge is -2.07. The van der Waals surface area contributed by atoms with Gasteiger partial charge >= 0.3 is 5.97 Å². The molecule has 0 fully saturated rings. The molecule has 3 aromatic carbocycles. The lowest BCUT2D eigenvalue weighted by Crippen LogP contribution is -2.23. The molecule has 0 unspecified atom stereocenters. The van der Waals surface area contributed by atoms with Crippen molar-refractivity contribution in [3.05, 3.63) is 76.1 Å². The second-order valence-electron chi connectivity index (χ2n) is 7.53. The maximum absolute atomic E-state index is 12.9. The number of carbonyl (C=O) groups excluding carboxylic acids is 2. The van der Waals surface area contributed by atoms with E-state index >= 15 is 0 Å². The highest BCUT2D eigenvalue weighted by atomic mass is 32.1. The van der Waals surface area contributed by atoms with Crippen molar-refractivity contribution >= 4 is 44.2 Å². The van der Waals surface area contributed by atoms with Gasteiger partial charge in [0.05, 0.1) is 23.2 Å². The Bertz CT molecular complexity index is 1360. The third-order valence-corrected chi connectivity index (χ3v) is 6.38. The van der Waals surface area contributed by atoms with E-state index in [9.17, 15) is 9.59 Å². The lowest BCUT2D eigenvalue weighted by molar-refractivity contribution is -0.143. The maximum atomic E-state index is 12.9. The zero-order chi connectivity index (χ0) is 22.0. The highest BCUT2D eigenvalue weighted by Gasteiger charge is 2.14. The van der Waals surface area contributed by atoms with Gasteiger partial charge in [-0.2, -0.15) is 4.99 Å². The number of aryl methyl sites for hydroxylation is 2. The number of ether oxygens (including phenoxy) is 1. The molecule has 0 atom stereocenters. The quantitative estimate of drug-likeness (QED) is 0.429. The van der Waals surface area contributed by atoms with Crippen LogP contribution in [-0.4, -0.2) is 23.1 Å². The van der Waals surface area contributed by atoms with Crippen LogP contribution in [0.1, 0.15) is 23.6 Å². The molecule has 0 radical (unpaired) electrons. The monoisotopic (exact) mass is 432 g/mol. The first-order valence-electron chi connectivity index (χ1n) is 10.3. The van der Waals surface area contributed by atoms with Crippen molar-refractivity contribution in [1.82, 2.24) is 4.57 Å². The number of amides is 1. The zero-order valence-electron chi connectivity index (χ0n) is 17.8. The van der Waals surface area contributed by atoms with Crippen LogP contribution >= 0.6 is 11.3 Å². The summed E-state index contributed by atoms with van der Waals surface area (Å²) < 4.78 is 7.96. The SMILES string of the molecule is CCOC(=O)Cn1c(=NC(=O)Cc2cccc3ccccc23)sc2c(C)cc(C)cc21. The van der Waals surface area contributed by atoms with E-state index in [0.29, 0.717) is 11.4 Å². The van der Waals surface area contributed by atoms with Crippen molar-refractivity contribution in [2.45, 2.75) is 33.7 Å². The zero-order valence-corrected chi connectivity index (χ0v) is 18.7. The fourth-order valence-corrected chi connectivity index (χ4v) is 4.94. The van der Waals surface area contributed by atoms with Gasteiger partial charge in [-0.15, -0.1) is 0 Å². The molecule has 0 aliphatic rings. The lowest BCUT2D eigenvalue weighted by atomic mass is 10.0. The summed E-state index contributed by atoms with van der Waals surface area (Å²) in [4.78, 5) is 30.1. The minimum Gasteiger partial charge on any atom is -0.465 e. The van der Waals surface area contributed by atoms with E-state index in [0.717, 1.165) is 37.7 Å². The van der Waals surface area contributed by atoms with Gasteiger partial charge in [0.25, 0.3) is 5.91 Å². The molecule has 0 bridgehead atoms. The second-order valence-corrected chi connectivity index (χ2v) is 8.50. The third kappa shape index (κ3) is 4.44. The number of rotatable bonds is 5. The molecule has 0 saturated heterocycles. The predicted molar refractivity (Wildman–Crippen MR) is 124 cm³/mol. The summed E-state index contributed by atoms with van der Waals surface area (Å²) in [7, 11) is 0. The number of hydrogen-bond acceptors (Lipinski definition) is 4. The van der Waals surface area contributed by atoms with Gasteiger partial charge in [-0.1, -0.05) is 59.9 Å². The van der Waals surface area contributed by atoms with Crippen LogP contribution in [0, 0.1) is 13.8 Å². The first-order chi connectivity index (χ1) is 15.0. The molecule has 1 aromatic heterocycles. The fraction of sp³-hybridized carbons (Fsp3) is 0.240. The van der Waals surface area contributed by atoms with E-state index < -0.39 is 0 Å². The van der Waals surface area contributed by atoms with Gasteiger partial charge in [0.1, 0.15) is 6.54 Å². The number of hydrogen-bond donors (Lipinski definition) is 0. The minimum atomic E-state index is -0.343. The summed E-state index contributed by atoms with van der Waals surface area (Å²) in [6.45, 7) is 6.16. The van der Waals surface area contributed by atoms with E-state index in [1.54, 1.807) is 11.5 Å². The highest BCUT2D eigenvalue weighted by molar-refractivity contribution is 7.16. The summed E-state index contributed by atoms with van der Waals surface area (Å²) in [6.07, 6.45) is 0.201. The first kappa shape index (κ1) is 21.0. The smallest absolute Gasteiger partial charge is 0.326 e. The van der Waals surface area contributed by atoms with Gasteiger partial charge < -0.3 is 9.30 Å². The Morgan fingerprint density at radius 2 is 1.84 bits per heavy atom. The average molecular weight is 433 g/mol. The van der Waals surface area contributed by atoms with Crippen LogP contribution in [-0.2, 0) is 27.3 Å². The molecule has 0 N–H and O–H groups in total. The van der Waals surface area contributed by atoms with Crippen LogP contribution in [0.15, 0.2) is 59.6 Å². The third-order valence-electron chi connectivity index (χ3n) is 5.15. The molecule has 0 aliphatic heterocycles. The molecular formula is C25H24N2O3S. The molecule has 6 heteroatoms. The van der Waals surface area contributed by atoms with E-state index in [2.05, 4.69) is 11.1 Å². The van der Waals surface area contributed by atoms with Gasteiger partial charge in [0, 0.05) is 0 Å². The number of carbonyl (C=O) groups is 2. The van der Waals surface area contributed by atoms with Crippen molar-refractivity contribution in [3.8, 4) is 0 Å². The Morgan fingerprint density at radius 3 is 2.65 bits per heavy atom. The van der Waals surface area contributed by atoms with Crippen molar-refractivity contribution in [3.63, 3.8) is 0 Å². The fourth-order valence-electron chi connectivity index (χ4n) is 3.84. The summed E-state index contributed by atoms with van der Waals surface area (Å²) in [5.74, 6) is -0.584. The second kappa shape index (κ2) is 8.86. The molecule has 1 heterocycles. The van der Waals surface area contributed by atoms with Gasteiger partial charge in [-0.3, -0.25) is 9.59 Å². The van der Waals surface area contributed by atoms with Crippen LogP contribution in [0.2, 0.25) is 0 Å². The largest absolute Gasteiger partial charge is 0.465 e. The topological polar surface area (TPSA) is 60.7 Å². The summed E-state index contributed by atoms with van der Waals surface area (Å²) in [5, 5.41) is 2.15. The number of fused-ring (bicyclic) bond motifs is 2. The van der Waals surface area contributed by atoms with Crippen molar-refractivity contribution in [2.24, 2.45) is 4.99 Å². The van der Waals surface area contributed by atoms with Gasteiger partial charge in [-0.25, -0.2) is 0 Å². The van der Waals surface area contributed by atoms with Crippen LogP contribution in [0.3, 0.4) is 0 Å².